The Labute approximate surface area is 188 Å². The van der Waals surface area contributed by atoms with Gasteiger partial charge in [-0.25, -0.2) is 0 Å². The summed E-state index contributed by atoms with van der Waals surface area (Å²) in [5.74, 6) is 2.19. The van der Waals surface area contributed by atoms with E-state index in [-0.39, 0.29) is 34.6 Å². The van der Waals surface area contributed by atoms with Crippen molar-refractivity contribution in [2.75, 3.05) is 6.54 Å². The summed E-state index contributed by atoms with van der Waals surface area (Å²) in [4.78, 5) is 0. The first kappa shape index (κ1) is 21.4. The largest absolute Gasteiger partial charge is 0.393 e. The molecule has 1 saturated heterocycles. The molecule has 0 radical (unpaired) electrons. The number of hydrogen-bond donors (Lipinski definition) is 3. The molecule has 6 fully saturated rings. The molecule has 0 amide bonds. The first-order valence-corrected chi connectivity index (χ1v) is 13.2. The van der Waals surface area contributed by atoms with Crippen molar-refractivity contribution in [3.63, 3.8) is 0 Å². The van der Waals surface area contributed by atoms with E-state index in [9.17, 15) is 10.2 Å². The van der Waals surface area contributed by atoms with Gasteiger partial charge in [0.25, 0.3) is 0 Å². The zero-order valence-corrected chi connectivity index (χ0v) is 20.4. The van der Waals surface area contributed by atoms with Crippen molar-refractivity contribution in [2.45, 2.75) is 110 Å². The highest BCUT2D eigenvalue weighted by atomic mass is 16.5. The minimum Gasteiger partial charge on any atom is -0.393 e. The molecular weight excluding hydrogens is 386 g/mol. The van der Waals surface area contributed by atoms with Crippen molar-refractivity contribution >= 4 is 0 Å². The summed E-state index contributed by atoms with van der Waals surface area (Å²) in [5.41, 5.74) is 6.87. The molecule has 0 aromatic carbocycles. The predicted molar refractivity (Wildman–Crippen MR) is 121 cm³/mol. The third-order valence-corrected chi connectivity index (χ3v) is 13.1. The number of nitrogens with two attached hydrogens (primary N) is 1. The number of fused-ring (bicyclic) bond motifs is 4. The van der Waals surface area contributed by atoms with Crippen LogP contribution >= 0.6 is 0 Å². The van der Waals surface area contributed by atoms with Crippen LogP contribution in [-0.4, -0.2) is 41.2 Å². The number of aliphatic hydroxyl groups is 2. The maximum Gasteiger partial charge on any atom is 0.0880 e. The molecule has 6 rings (SSSR count). The molecule has 0 aromatic rings. The molecule has 0 aromatic heterocycles. The standard InChI is InChI=1S/C27H45NO3/c1-15-12-16(13-28)31-21-20(15)24(4)10-11-27-14-26(27)9-8-19(29)23(2,3)17(26)6-7-18(27)25(24,5)22(21)30/h15-22,29-30H,6-14,28H2,1-5H3/t15-,16-,17?,18?,19+,20?,21+,22+,24-,25-,26-,27+/m1/s1. The molecule has 6 aliphatic rings. The molecule has 5 saturated carbocycles. The van der Waals surface area contributed by atoms with Crippen LogP contribution in [0.5, 0.6) is 0 Å². The van der Waals surface area contributed by atoms with Gasteiger partial charge in [-0.3, -0.25) is 0 Å². The summed E-state index contributed by atoms with van der Waals surface area (Å²) in [6.07, 6.45) is 8.95. The van der Waals surface area contributed by atoms with Crippen LogP contribution in [0, 0.1) is 50.7 Å². The molecule has 2 spiro atoms. The summed E-state index contributed by atoms with van der Waals surface area (Å²) in [7, 11) is 0. The molecule has 31 heavy (non-hydrogen) atoms. The zero-order chi connectivity index (χ0) is 22.2. The highest BCUT2D eigenvalue weighted by Gasteiger charge is 2.84. The van der Waals surface area contributed by atoms with E-state index in [1.165, 1.54) is 38.5 Å². The van der Waals surface area contributed by atoms with Crippen molar-refractivity contribution in [2.24, 2.45) is 56.5 Å². The lowest BCUT2D eigenvalue weighted by Gasteiger charge is -2.63. The van der Waals surface area contributed by atoms with Gasteiger partial charge in [-0.1, -0.05) is 34.6 Å². The third kappa shape index (κ3) is 2.14. The van der Waals surface area contributed by atoms with Crippen molar-refractivity contribution in [3.05, 3.63) is 0 Å². The fourth-order valence-electron chi connectivity index (χ4n) is 11.5. The first-order valence-electron chi connectivity index (χ1n) is 13.2. The molecule has 176 valence electrons. The topological polar surface area (TPSA) is 75.7 Å². The van der Waals surface area contributed by atoms with Crippen LogP contribution in [0.4, 0.5) is 0 Å². The maximum absolute atomic E-state index is 12.0. The van der Waals surface area contributed by atoms with Crippen molar-refractivity contribution < 1.29 is 14.9 Å². The van der Waals surface area contributed by atoms with Crippen molar-refractivity contribution in [3.8, 4) is 0 Å². The summed E-state index contributed by atoms with van der Waals surface area (Å²) >= 11 is 0. The third-order valence-electron chi connectivity index (χ3n) is 13.1. The Morgan fingerprint density at radius 3 is 2.32 bits per heavy atom. The van der Waals surface area contributed by atoms with Crippen molar-refractivity contribution in [1.29, 1.82) is 0 Å². The lowest BCUT2D eigenvalue weighted by Crippen LogP contribution is -2.59. The van der Waals surface area contributed by atoms with Crippen LogP contribution in [0.2, 0.25) is 0 Å². The second-order valence-electron chi connectivity index (χ2n) is 13.9. The van der Waals surface area contributed by atoms with E-state index in [1.807, 2.05) is 0 Å². The first-order chi connectivity index (χ1) is 14.5. The average Bonchev–Trinajstić information content (AvgIpc) is 3.36. The molecule has 5 aliphatic carbocycles. The van der Waals surface area contributed by atoms with E-state index < -0.39 is 6.10 Å². The maximum atomic E-state index is 12.0. The van der Waals surface area contributed by atoms with E-state index in [0.29, 0.717) is 41.0 Å². The minimum atomic E-state index is -0.391. The Balaban J connectivity index is 1.41. The van der Waals surface area contributed by atoms with Crippen LogP contribution < -0.4 is 5.73 Å². The normalized spacial score (nSPS) is 63.9. The molecule has 4 heteroatoms. The van der Waals surface area contributed by atoms with E-state index in [0.717, 1.165) is 12.8 Å². The van der Waals surface area contributed by atoms with E-state index >= 15 is 0 Å². The second-order valence-corrected chi connectivity index (χ2v) is 13.9. The average molecular weight is 432 g/mol. The van der Waals surface area contributed by atoms with Gasteiger partial charge < -0.3 is 20.7 Å². The van der Waals surface area contributed by atoms with Gasteiger partial charge in [0.2, 0.25) is 0 Å². The molecule has 1 heterocycles. The van der Waals surface area contributed by atoms with E-state index in [2.05, 4.69) is 34.6 Å². The predicted octanol–water partition coefficient (Wildman–Crippen LogP) is 4.12. The molecule has 4 nitrogen and oxygen atoms in total. The number of rotatable bonds is 1. The summed E-state index contributed by atoms with van der Waals surface area (Å²) in [5, 5.41) is 22.8. The monoisotopic (exact) mass is 431 g/mol. The molecule has 1 aliphatic heterocycles. The van der Waals surface area contributed by atoms with E-state index in [4.69, 9.17) is 10.5 Å². The summed E-state index contributed by atoms with van der Waals surface area (Å²) in [6.45, 7) is 12.6. The molecule has 0 bridgehead atoms. The van der Waals surface area contributed by atoms with Gasteiger partial charge >= 0.3 is 0 Å². The Kier molecular flexibility index (Phi) is 4.20. The molecule has 12 atom stereocenters. The number of hydrogen-bond acceptors (Lipinski definition) is 4. The van der Waals surface area contributed by atoms with Crippen LogP contribution in [0.3, 0.4) is 0 Å². The fourth-order valence-corrected chi connectivity index (χ4v) is 11.5. The van der Waals surface area contributed by atoms with Crippen LogP contribution in [0.1, 0.15) is 86.0 Å². The highest BCUT2D eigenvalue weighted by Crippen LogP contribution is 2.89. The fraction of sp³-hybridized carbons (Fsp3) is 1.00. The van der Waals surface area contributed by atoms with Crippen LogP contribution in [0.25, 0.3) is 0 Å². The Bertz CT molecular complexity index is 784. The number of ether oxygens (including phenoxy) is 1. The Morgan fingerprint density at radius 1 is 0.935 bits per heavy atom. The minimum absolute atomic E-state index is 0.0165. The smallest absolute Gasteiger partial charge is 0.0880 e. The van der Waals surface area contributed by atoms with Gasteiger partial charge in [-0.2, -0.15) is 0 Å². The molecule has 4 N–H and O–H groups in total. The highest BCUT2D eigenvalue weighted by molar-refractivity contribution is 5.32. The van der Waals surface area contributed by atoms with Gasteiger partial charge in [0, 0.05) is 12.0 Å². The van der Waals surface area contributed by atoms with Gasteiger partial charge in [0.05, 0.1) is 24.4 Å². The summed E-state index contributed by atoms with van der Waals surface area (Å²) < 4.78 is 6.53. The van der Waals surface area contributed by atoms with Gasteiger partial charge in [0.15, 0.2) is 0 Å². The Morgan fingerprint density at radius 2 is 1.61 bits per heavy atom. The SMILES string of the molecule is C[C@@H]1C[C@H](CN)O[C@H]2C1[C@@]1(C)CC[C@@]34C[C@@]35CC[C@H](O)C(C)(C)C5CCC4[C@]1(C)[C@H]2O. The van der Waals surface area contributed by atoms with E-state index in [1.54, 1.807) is 0 Å². The lowest BCUT2D eigenvalue weighted by molar-refractivity contribution is -0.182. The van der Waals surface area contributed by atoms with Crippen molar-refractivity contribution in [1.82, 2.24) is 0 Å². The van der Waals surface area contributed by atoms with Gasteiger partial charge in [-0.05, 0) is 96.7 Å². The number of aliphatic hydroxyl groups excluding tert-OH is 2. The molecular formula is C27H45NO3. The van der Waals surface area contributed by atoms with Crippen LogP contribution in [0.15, 0.2) is 0 Å². The Hall–Kier alpha value is -0.160. The molecule has 3 unspecified atom stereocenters. The summed E-state index contributed by atoms with van der Waals surface area (Å²) in [6, 6.07) is 0. The van der Waals surface area contributed by atoms with Gasteiger partial charge in [-0.15, -0.1) is 0 Å². The quantitative estimate of drug-likeness (QED) is 0.584. The van der Waals surface area contributed by atoms with Gasteiger partial charge in [0.1, 0.15) is 0 Å². The second kappa shape index (κ2) is 6.09. The van der Waals surface area contributed by atoms with Crippen LogP contribution in [-0.2, 0) is 4.74 Å². The lowest BCUT2D eigenvalue weighted by atomic mass is 9.41. The zero-order valence-electron chi connectivity index (χ0n) is 20.4.